The summed E-state index contributed by atoms with van der Waals surface area (Å²) in [5.41, 5.74) is 3.99. The molecular formula is C27H30FN5O4S. The standard InChI is InChI=1S/C27H30FN5O4S/c1-37-18-27-12-19-13-30-33(22-4-2-21(28)3-5-22)26(19)10-20(27)6-9-32(17-27)38(35,36)25-11-23(14-29-15-25)31-8-7-24(34)16-31/h2-5,10-11,13-15,24,34H,6-9,12,16-18H2,1H3/t24-,27+/m0/s1. The molecule has 2 saturated heterocycles. The van der Waals surface area contributed by atoms with Crippen molar-refractivity contribution < 1.29 is 22.7 Å². The van der Waals surface area contributed by atoms with Crippen LogP contribution in [0.5, 0.6) is 0 Å². The number of hydrogen-bond acceptors (Lipinski definition) is 7. The molecule has 0 amide bonds. The molecule has 1 aliphatic carbocycles. The van der Waals surface area contributed by atoms with Crippen LogP contribution >= 0.6 is 0 Å². The maximum absolute atomic E-state index is 13.8. The molecule has 2 fully saturated rings. The Bertz CT molecular complexity index is 1490. The van der Waals surface area contributed by atoms with Crippen molar-refractivity contribution in [2.75, 3.05) is 44.8 Å². The summed E-state index contributed by atoms with van der Waals surface area (Å²) in [7, 11) is -2.18. The van der Waals surface area contributed by atoms with Crippen molar-refractivity contribution in [3.05, 3.63) is 71.6 Å². The zero-order valence-corrected chi connectivity index (χ0v) is 21.9. The number of aromatic nitrogens is 3. The fourth-order valence-electron chi connectivity index (χ4n) is 5.94. The van der Waals surface area contributed by atoms with E-state index in [1.54, 1.807) is 46.7 Å². The van der Waals surface area contributed by atoms with Gasteiger partial charge in [-0.05, 0) is 61.2 Å². The van der Waals surface area contributed by atoms with Crippen LogP contribution in [0.15, 0.2) is 59.4 Å². The van der Waals surface area contributed by atoms with Gasteiger partial charge in [-0.1, -0.05) is 5.57 Å². The minimum atomic E-state index is -3.81. The summed E-state index contributed by atoms with van der Waals surface area (Å²) in [5, 5.41) is 14.5. The molecule has 38 heavy (non-hydrogen) atoms. The van der Waals surface area contributed by atoms with Gasteiger partial charge in [0.2, 0.25) is 10.0 Å². The van der Waals surface area contributed by atoms with E-state index in [9.17, 15) is 17.9 Å². The number of aliphatic hydroxyl groups excluding tert-OH is 1. The van der Waals surface area contributed by atoms with Gasteiger partial charge in [0.25, 0.3) is 0 Å². The summed E-state index contributed by atoms with van der Waals surface area (Å²) in [6.07, 6.45) is 8.31. The Hall–Kier alpha value is -3.12. The number of hydrogen-bond donors (Lipinski definition) is 1. The number of halogens is 1. The first kappa shape index (κ1) is 25.2. The first-order valence-corrected chi connectivity index (χ1v) is 14.1. The number of ether oxygens (including phenoxy) is 1. The Morgan fingerprint density at radius 3 is 2.71 bits per heavy atom. The smallest absolute Gasteiger partial charge is 0.244 e. The Labute approximate surface area is 221 Å². The SMILES string of the molecule is COC[C@]12Cc3cnn(-c4ccc(F)cc4)c3C=C1CCN(S(=O)(=O)c1cncc(N3CC[C@H](O)C3)c1)C2. The van der Waals surface area contributed by atoms with Crippen LogP contribution in [0.3, 0.4) is 0 Å². The van der Waals surface area contributed by atoms with E-state index < -0.39 is 21.5 Å². The number of pyridine rings is 1. The Kier molecular flexibility index (Phi) is 6.34. The highest BCUT2D eigenvalue weighted by Gasteiger charge is 2.46. The van der Waals surface area contributed by atoms with Gasteiger partial charge in [-0.15, -0.1) is 0 Å². The van der Waals surface area contributed by atoms with Crippen LogP contribution in [-0.4, -0.2) is 78.6 Å². The molecule has 6 rings (SSSR count). The number of sulfonamides is 1. The predicted octanol–water partition coefficient (Wildman–Crippen LogP) is 2.64. The van der Waals surface area contributed by atoms with E-state index in [0.29, 0.717) is 51.2 Å². The second kappa shape index (κ2) is 9.57. The van der Waals surface area contributed by atoms with Gasteiger partial charge in [0, 0.05) is 44.9 Å². The molecular weight excluding hydrogens is 509 g/mol. The third kappa shape index (κ3) is 4.33. The Balaban J connectivity index is 1.30. The van der Waals surface area contributed by atoms with Crippen LogP contribution in [0.25, 0.3) is 11.8 Å². The van der Waals surface area contributed by atoms with Gasteiger partial charge in [-0.3, -0.25) is 4.98 Å². The van der Waals surface area contributed by atoms with Crippen molar-refractivity contribution in [3.63, 3.8) is 0 Å². The zero-order chi connectivity index (χ0) is 26.5. The second-order valence-corrected chi connectivity index (χ2v) is 12.3. The van der Waals surface area contributed by atoms with Crippen molar-refractivity contribution in [1.82, 2.24) is 19.1 Å². The Morgan fingerprint density at radius 2 is 1.97 bits per heavy atom. The molecule has 0 spiro atoms. The molecule has 1 aromatic carbocycles. The fraction of sp³-hybridized carbons (Fsp3) is 0.407. The molecule has 1 N–H and O–H groups in total. The number of methoxy groups -OCH3 is 1. The molecule has 2 aromatic heterocycles. The van der Waals surface area contributed by atoms with Crippen molar-refractivity contribution in [2.24, 2.45) is 5.41 Å². The molecule has 3 aliphatic rings. The highest BCUT2D eigenvalue weighted by atomic mass is 32.2. The van der Waals surface area contributed by atoms with E-state index in [1.165, 1.54) is 18.3 Å². The van der Waals surface area contributed by atoms with Crippen molar-refractivity contribution >= 4 is 21.8 Å². The third-order valence-electron chi connectivity index (χ3n) is 7.87. The van der Waals surface area contributed by atoms with Gasteiger partial charge in [0.15, 0.2) is 0 Å². The van der Waals surface area contributed by atoms with Crippen molar-refractivity contribution in [2.45, 2.75) is 30.3 Å². The van der Waals surface area contributed by atoms with E-state index in [1.807, 2.05) is 4.90 Å². The summed E-state index contributed by atoms with van der Waals surface area (Å²) in [5.74, 6) is -0.306. The number of fused-ring (bicyclic) bond motifs is 2. The molecule has 9 nitrogen and oxygen atoms in total. The van der Waals surface area contributed by atoms with Crippen molar-refractivity contribution in [3.8, 4) is 5.69 Å². The molecule has 4 heterocycles. The molecule has 0 saturated carbocycles. The number of anilines is 1. The summed E-state index contributed by atoms with van der Waals surface area (Å²) in [6, 6.07) is 7.86. The van der Waals surface area contributed by atoms with Crippen molar-refractivity contribution in [1.29, 1.82) is 0 Å². The van der Waals surface area contributed by atoms with Gasteiger partial charge >= 0.3 is 0 Å². The molecule has 3 aromatic rings. The van der Waals surface area contributed by atoms with Gasteiger partial charge in [0.1, 0.15) is 10.7 Å². The number of nitrogens with zero attached hydrogens (tertiary/aromatic N) is 5. The molecule has 0 unspecified atom stereocenters. The monoisotopic (exact) mass is 539 g/mol. The van der Waals surface area contributed by atoms with Crippen LogP contribution < -0.4 is 4.90 Å². The number of piperidine rings is 1. The predicted molar refractivity (Wildman–Crippen MR) is 140 cm³/mol. The van der Waals surface area contributed by atoms with Gasteiger partial charge in [-0.2, -0.15) is 9.40 Å². The van der Waals surface area contributed by atoms with Crippen LogP contribution in [-0.2, 0) is 21.2 Å². The van der Waals surface area contributed by atoms with Crippen LogP contribution in [0, 0.1) is 11.2 Å². The maximum Gasteiger partial charge on any atom is 0.244 e. The fourth-order valence-corrected chi connectivity index (χ4v) is 7.45. The number of benzene rings is 1. The van der Waals surface area contributed by atoms with E-state index in [4.69, 9.17) is 4.74 Å². The maximum atomic E-state index is 13.8. The van der Waals surface area contributed by atoms with Gasteiger partial charge < -0.3 is 14.7 Å². The second-order valence-electron chi connectivity index (χ2n) is 10.4. The van der Waals surface area contributed by atoms with Crippen LogP contribution in [0.1, 0.15) is 24.1 Å². The van der Waals surface area contributed by atoms with Crippen LogP contribution in [0.4, 0.5) is 10.1 Å². The molecule has 0 bridgehead atoms. The van der Waals surface area contributed by atoms with Gasteiger partial charge in [0.05, 0.1) is 42.2 Å². The van der Waals surface area contributed by atoms with Crippen LogP contribution in [0.2, 0.25) is 0 Å². The highest BCUT2D eigenvalue weighted by molar-refractivity contribution is 7.89. The molecule has 200 valence electrons. The van der Waals surface area contributed by atoms with E-state index in [2.05, 4.69) is 16.2 Å². The van der Waals surface area contributed by atoms with E-state index in [-0.39, 0.29) is 17.3 Å². The average molecular weight is 540 g/mol. The average Bonchev–Trinajstić information content (AvgIpc) is 3.53. The number of aliphatic hydroxyl groups is 1. The number of β-amino-alcohol motifs (C(OH)–C–C–N with tert-alkyl or cyclic N) is 1. The van der Waals surface area contributed by atoms with E-state index >= 15 is 0 Å². The first-order valence-electron chi connectivity index (χ1n) is 12.7. The molecule has 0 radical (unpaired) electrons. The lowest BCUT2D eigenvalue weighted by Gasteiger charge is -2.45. The molecule has 2 atom stereocenters. The van der Waals surface area contributed by atoms with Gasteiger partial charge in [-0.25, -0.2) is 17.5 Å². The molecule has 2 aliphatic heterocycles. The Morgan fingerprint density at radius 1 is 1.16 bits per heavy atom. The summed E-state index contributed by atoms with van der Waals surface area (Å²) in [6.45, 7) is 2.12. The molecule has 11 heteroatoms. The summed E-state index contributed by atoms with van der Waals surface area (Å²) < 4.78 is 50.1. The topological polar surface area (TPSA) is 101 Å². The number of rotatable bonds is 6. The lowest BCUT2D eigenvalue weighted by Crippen LogP contribution is -2.51. The van der Waals surface area contributed by atoms with E-state index in [0.717, 1.165) is 22.5 Å². The third-order valence-corrected chi connectivity index (χ3v) is 9.68. The summed E-state index contributed by atoms with van der Waals surface area (Å²) >= 11 is 0. The minimum absolute atomic E-state index is 0.150. The normalized spacial score (nSPS) is 23.7. The quantitative estimate of drug-likeness (QED) is 0.514. The minimum Gasteiger partial charge on any atom is -0.391 e. The lowest BCUT2D eigenvalue weighted by atomic mass is 9.69. The summed E-state index contributed by atoms with van der Waals surface area (Å²) in [4.78, 5) is 6.33. The lowest BCUT2D eigenvalue weighted by molar-refractivity contribution is 0.0733. The first-order chi connectivity index (χ1) is 18.3. The largest absolute Gasteiger partial charge is 0.391 e. The zero-order valence-electron chi connectivity index (χ0n) is 21.1. The highest BCUT2D eigenvalue weighted by Crippen LogP contribution is 2.45.